The topological polar surface area (TPSA) is 133 Å². The maximum atomic E-state index is 12.6. The number of hydrogen-bond donors (Lipinski definition) is 4. The van der Waals surface area contributed by atoms with Crippen molar-refractivity contribution in [2.45, 2.75) is 51.6 Å². The van der Waals surface area contributed by atoms with Crippen molar-refractivity contribution in [3.05, 3.63) is 29.8 Å². The summed E-state index contributed by atoms with van der Waals surface area (Å²) < 4.78 is 0. The number of carboxylic acid groups (broad SMARTS) is 1. The number of benzene rings is 1. The standard InChI is InChI=1S/C21H31N3O5/c1-3-13(2)18(22)20(27)24-10-8-15(9-11-24)19(26)23-17(21(28)29)12-14-4-6-16(25)7-5-14/h4-7,13,15,17-18,25H,3,8-12,22H2,1-2H3,(H,23,26)(H,28,29). The Morgan fingerprint density at radius 1 is 1.21 bits per heavy atom. The molecule has 0 aromatic heterocycles. The van der Waals surface area contributed by atoms with Crippen LogP contribution < -0.4 is 11.1 Å². The number of phenols is 1. The smallest absolute Gasteiger partial charge is 0.326 e. The highest BCUT2D eigenvalue weighted by Gasteiger charge is 2.32. The number of nitrogens with two attached hydrogens (primary N) is 1. The lowest BCUT2D eigenvalue weighted by Crippen LogP contribution is -2.52. The number of piperidine rings is 1. The third kappa shape index (κ3) is 6.19. The molecule has 0 saturated carbocycles. The van der Waals surface area contributed by atoms with Crippen LogP contribution >= 0.6 is 0 Å². The van der Waals surface area contributed by atoms with E-state index in [0.29, 0.717) is 31.5 Å². The first-order chi connectivity index (χ1) is 13.7. The van der Waals surface area contributed by atoms with Gasteiger partial charge in [-0.25, -0.2) is 4.79 Å². The number of carbonyl (C=O) groups excluding carboxylic acids is 2. The molecule has 1 aliphatic rings. The molecule has 1 aromatic carbocycles. The van der Waals surface area contributed by atoms with Gasteiger partial charge in [0.1, 0.15) is 11.8 Å². The zero-order chi connectivity index (χ0) is 21.6. The molecular formula is C21H31N3O5. The molecule has 3 unspecified atom stereocenters. The molecule has 0 aliphatic carbocycles. The maximum Gasteiger partial charge on any atom is 0.326 e. The van der Waals surface area contributed by atoms with Crippen molar-refractivity contribution in [2.75, 3.05) is 13.1 Å². The number of likely N-dealkylation sites (tertiary alicyclic amines) is 1. The quantitative estimate of drug-likeness (QED) is 0.512. The van der Waals surface area contributed by atoms with Crippen molar-refractivity contribution in [3.63, 3.8) is 0 Å². The number of carboxylic acids is 1. The Morgan fingerprint density at radius 2 is 1.79 bits per heavy atom. The van der Waals surface area contributed by atoms with E-state index >= 15 is 0 Å². The lowest BCUT2D eigenvalue weighted by molar-refractivity contribution is -0.143. The fourth-order valence-electron chi connectivity index (χ4n) is 3.43. The van der Waals surface area contributed by atoms with Gasteiger partial charge in [-0.1, -0.05) is 32.4 Å². The number of phenolic OH excluding ortho intramolecular Hbond substituents is 1. The first-order valence-corrected chi connectivity index (χ1v) is 10.1. The minimum Gasteiger partial charge on any atom is -0.508 e. The van der Waals surface area contributed by atoms with Crippen LogP contribution in [-0.4, -0.2) is 58.1 Å². The Balaban J connectivity index is 1.89. The van der Waals surface area contributed by atoms with Crippen molar-refractivity contribution in [3.8, 4) is 5.75 Å². The Morgan fingerprint density at radius 3 is 2.31 bits per heavy atom. The monoisotopic (exact) mass is 405 g/mol. The molecule has 5 N–H and O–H groups in total. The first-order valence-electron chi connectivity index (χ1n) is 10.1. The average Bonchev–Trinajstić information content (AvgIpc) is 2.73. The largest absolute Gasteiger partial charge is 0.508 e. The number of nitrogens with zero attached hydrogens (tertiary/aromatic N) is 1. The van der Waals surface area contributed by atoms with E-state index in [1.54, 1.807) is 17.0 Å². The molecule has 0 spiro atoms. The Bertz CT molecular complexity index is 714. The molecule has 1 aliphatic heterocycles. The Kier molecular flexibility index (Phi) is 8.01. The third-order valence-corrected chi connectivity index (χ3v) is 5.71. The number of aromatic hydroxyl groups is 1. The predicted octanol–water partition coefficient (Wildman–Crippen LogP) is 1.12. The van der Waals surface area contributed by atoms with Crippen LogP contribution in [0.15, 0.2) is 24.3 Å². The van der Waals surface area contributed by atoms with Crippen molar-refractivity contribution < 1.29 is 24.6 Å². The molecule has 0 radical (unpaired) electrons. The molecular weight excluding hydrogens is 374 g/mol. The number of carbonyl (C=O) groups is 3. The van der Waals surface area contributed by atoms with Crippen LogP contribution in [0.3, 0.4) is 0 Å². The molecule has 1 heterocycles. The number of nitrogens with one attached hydrogen (secondary N) is 1. The molecule has 29 heavy (non-hydrogen) atoms. The second-order valence-electron chi connectivity index (χ2n) is 7.78. The van der Waals surface area contributed by atoms with Crippen molar-refractivity contribution in [1.29, 1.82) is 0 Å². The normalized spacial score (nSPS) is 18.0. The third-order valence-electron chi connectivity index (χ3n) is 5.71. The Hall–Kier alpha value is -2.61. The summed E-state index contributed by atoms with van der Waals surface area (Å²) in [7, 11) is 0. The zero-order valence-corrected chi connectivity index (χ0v) is 17.0. The number of amides is 2. The van der Waals surface area contributed by atoms with Gasteiger partial charge in [-0.15, -0.1) is 0 Å². The molecule has 1 aromatic rings. The van der Waals surface area contributed by atoms with Gasteiger partial charge in [-0.3, -0.25) is 9.59 Å². The molecule has 1 saturated heterocycles. The highest BCUT2D eigenvalue weighted by Crippen LogP contribution is 2.20. The fraction of sp³-hybridized carbons (Fsp3) is 0.571. The van der Waals surface area contributed by atoms with Gasteiger partial charge in [0.2, 0.25) is 11.8 Å². The molecule has 8 nitrogen and oxygen atoms in total. The maximum absolute atomic E-state index is 12.6. The van der Waals surface area contributed by atoms with Gasteiger partial charge in [0.25, 0.3) is 0 Å². The summed E-state index contributed by atoms with van der Waals surface area (Å²) >= 11 is 0. The molecule has 160 valence electrons. The van der Waals surface area contributed by atoms with Crippen LogP contribution in [0.2, 0.25) is 0 Å². The summed E-state index contributed by atoms with van der Waals surface area (Å²) in [5.41, 5.74) is 6.73. The SMILES string of the molecule is CCC(C)C(N)C(=O)N1CCC(C(=O)NC(Cc2ccc(O)cc2)C(=O)O)CC1. The van der Waals surface area contributed by atoms with E-state index < -0.39 is 18.1 Å². The first kappa shape index (κ1) is 22.7. The predicted molar refractivity (Wildman–Crippen MR) is 108 cm³/mol. The molecule has 3 atom stereocenters. The minimum atomic E-state index is -1.11. The van der Waals surface area contributed by atoms with Crippen LogP contribution in [0, 0.1) is 11.8 Å². The van der Waals surface area contributed by atoms with E-state index in [9.17, 15) is 24.6 Å². The van der Waals surface area contributed by atoms with Crippen LogP contribution in [0.4, 0.5) is 0 Å². The highest BCUT2D eigenvalue weighted by atomic mass is 16.4. The van der Waals surface area contributed by atoms with E-state index in [-0.39, 0.29) is 35.8 Å². The van der Waals surface area contributed by atoms with Crippen LogP contribution in [0.1, 0.15) is 38.7 Å². The fourth-order valence-corrected chi connectivity index (χ4v) is 3.43. The van der Waals surface area contributed by atoms with Crippen LogP contribution in [0.25, 0.3) is 0 Å². The molecule has 0 bridgehead atoms. The number of hydrogen-bond acceptors (Lipinski definition) is 5. The van der Waals surface area contributed by atoms with Crippen molar-refractivity contribution in [1.82, 2.24) is 10.2 Å². The molecule has 2 rings (SSSR count). The average molecular weight is 405 g/mol. The van der Waals surface area contributed by atoms with Crippen LogP contribution in [0.5, 0.6) is 5.75 Å². The molecule has 1 fully saturated rings. The summed E-state index contributed by atoms with van der Waals surface area (Å²) in [6.07, 6.45) is 1.92. The summed E-state index contributed by atoms with van der Waals surface area (Å²) in [5, 5.41) is 21.4. The van der Waals surface area contributed by atoms with Crippen molar-refractivity contribution in [2.24, 2.45) is 17.6 Å². The summed E-state index contributed by atoms with van der Waals surface area (Å²) in [6, 6.07) is 4.63. The van der Waals surface area contributed by atoms with E-state index in [2.05, 4.69) is 5.32 Å². The summed E-state index contributed by atoms with van der Waals surface area (Å²) in [6.45, 7) is 4.82. The summed E-state index contributed by atoms with van der Waals surface area (Å²) in [4.78, 5) is 38.3. The molecule has 2 amide bonds. The summed E-state index contributed by atoms with van der Waals surface area (Å²) in [5.74, 6) is -1.65. The minimum absolute atomic E-state index is 0.0889. The second kappa shape index (κ2) is 10.2. The van der Waals surface area contributed by atoms with E-state index in [1.807, 2.05) is 13.8 Å². The van der Waals surface area contributed by atoms with Gasteiger partial charge in [0, 0.05) is 25.4 Å². The van der Waals surface area contributed by atoms with Gasteiger partial charge in [-0.2, -0.15) is 0 Å². The second-order valence-corrected chi connectivity index (χ2v) is 7.78. The van der Waals surface area contributed by atoms with E-state index in [4.69, 9.17) is 5.73 Å². The number of aliphatic carboxylic acids is 1. The zero-order valence-electron chi connectivity index (χ0n) is 17.0. The number of rotatable bonds is 8. The van der Waals surface area contributed by atoms with E-state index in [0.717, 1.165) is 6.42 Å². The molecule has 8 heteroatoms. The van der Waals surface area contributed by atoms with Gasteiger partial charge in [-0.05, 0) is 36.5 Å². The van der Waals surface area contributed by atoms with Gasteiger partial charge >= 0.3 is 5.97 Å². The van der Waals surface area contributed by atoms with Crippen LogP contribution in [-0.2, 0) is 20.8 Å². The van der Waals surface area contributed by atoms with Gasteiger partial charge in [0.05, 0.1) is 6.04 Å². The Labute approximate surface area is 171 Å². The van der Waals surface area contributed by atoms with Gasteiger partial charge < -0.3 is 26.2 Å². The van der Waals surface area contributed by atoms with E-state index in [1.165, 1.54) is 12.1 Å². The van der Waals surface area contributed by atoms with Gasteiger partial charge in [0.15, 0.2) is 0 Å². The van der Waals surface area contributed by atoms with Crippen molar-refractivity contribution >= 4 is 17.8 Å². The lowest BCUT2D eigenvalue weighted by atomic mass is 9.93. The lowest BCUT2D eigenvalue weighted by Gasteiger charge is -2.34. The highest BCUT2D eigenvalue weighted by molar-refractivity contribution is 5.86.